The fourth-order valence-corrected chi connectivity index (χ4v) is 6.98. The van der Waals surface area contributed by atoms with Gasteiger partial charge in [-0.3, -0.25) is 9.69 Å². The Labute approximate surface area is 307 Å². The van der Waals surface area contributed by atoms with Crippen molar-refractivity contribution in [2.75, 3.05) is 19.7 Å². The van der Waals surface area contributed by atoms with Gasteiger partial charge in [-0.05, 0) is 53.3 Å². The smallest absolute Gasteiger partial charge is 0.417 e. The number of carbonyl (C=O) groups is 1. The van der Waals surface area contributed by atoms with Crippen molar-refractivity contribution in [2.24, 2.45) is 5.73 Å². The Hall–Kier alpha value is -3.81. The van der Waals surface area contributed by atoms with Crippen LogP contribution in [-0.2, 0) is 17.5 Å². The van der Waals surface area contributed by atoms with Crippen LogP contribution in [0.5, 0.6) is 5.75 Å². The quantitative estimate of drug-likeness (QED) is 0.0822. The third-order valence-corrected chi connectivity index (χ3v) is 9.91. The van der Waals surface area contributed by atoms with E-state index in [9.17, 15) is 18.0 Å². The molecule has 0 aromatic heterocycles. The van der Waals surface area contributed by atoms with E-state index >= 15 is 0 Å². The first-order chi connectivity index (χ1) is 24.7. The Morgan fingerprint density at radius 2 is 1.35 bits per heavy atom. The molecule has 4 aromatic rings. The number of unbranched alkanes of at least 4 members (excludes halogenated alkanes) is 7. The minimum absolute atomic E-state index is 0.0126. The molecule has 0 bridgehead atoms. The van der Waals surface area contributed by atoms with Crippen molar-refractivity contribution in [1.29, 1.82) is 0 Å². The first-order valence-corrected chi connectivity index (χ1v) is 18.7. The highest BCUT2D eigenvalue weighted by molar-refractivity contribution is 6.32. The second-order valence-electron chi connectivity index (χ2n) is 13.4. The number of nitrogens with zero attached hydrogens (tertiary/aromatic N) is 1. The number of rotatable bonds is 22. The van der Waals surface area contributed by atoms with Gasteiger partial charge in [-0.1, -0.05) is 155 Å². The molecule has 4 rings (SSSR count). The summed E-state index contributed by atoms with van der Waals surface area (Å²) in [6, 6.07) is 32.0. The predicted octanol–water partition coefficient (Wildman–Crippen LogP) is 11.6. The predicted molar refractivity (Wildman–Crippen MR) is 202 cm³/mol. The van der Waals surface area contributed by atoms with Crippen LogP contribution in [0.4, 0.5) is 13.2 Å². The molecule has 1 atom stereocenters. The van der Waals surface area contributed by atoms with Crippen molar-refractivity contribution < 1.29 is 22.7 Å². The molecule has 4 nitrogen and oxygen atoms in total. The number of hydrogen-bond acceptors (Lipinski definition) is 3. The van der Waals surface area contributed by atoms with Crippen molar-refractivity contribution in [3.63, 3.8) is 0 Å². The van der Waals surface area contributed by atoms with E-state index in [-0.39, 0.29) is 29.3 Å². The number of benzene rings is 4. The molecule has 8 heteroatoms. The van der Waals surface area contributed by atoms with Gasteiger partial charge in [-0.25, -0.2) is 0 Å². The maximum absolute atomic E-state index is 13.8. The van der Waals surface area contributed by atoms with E-state index in [1.54, 1.807) is 6.07 Å². The lowest BCUT2D eigenvalue weighted by Gasteiger charge is -2.29. The van der Waals surface area contributed by atoms with Crippen LogP contribution in [0.15, 0.2) is 103 Å². The van der Waals surface area contributed by atoms with Gasteiger partial charge < -0.3 is 10.5 Å². The molecule has 2 N–H and O–H groups in total. The maximum atomic E-state index is 13.8. The SMILES string of the molecule is CCCCCCCCCCC(C(N)=O)c1cccc(OCCCN(Cc2cccc(C(F)(F)F)c2Cl)CC(c2ccccc2)c2ccccc2)c1. The monoisotopic (exact) mass is 720 g/mol. The first-order valence-electron chi connectivity index (χ1n) is 18.4. The molecule has 1 unspecified atom stereocenters. The zero-order valence-corrected chi connectivity index (χ0v) is 30.5. The van der Waals surface area contributed by atoms with Crippen molar-refractivity contribution in [2.45, 2.75) is 95.7 Å². The zero-order chi connectivity index (χ0) is 36.5. The molecule has 0 spiro atoms. The molecular weight excluding hydrogens is 669 g/mol. The normalized spacial score (nSPS) is 12.4. The molecule has 0 fully saturated rings. The Morgan fingerprint density at radius 1 is 0.765 bits per heavy atom. The highest BCUT2D eigenvalue weighted by atomic mass is 35.5. The number of primary amides is 1. The van der Waals surface area contributed by atoms with Crippen LogP contribution < -0.4 is 10.5 Å². The van der Waals surface area contributed by atoms with Gasteiger partial charge in [0.2, 0.25) is 5.91 Å². The number of ether oxygens (including phenoxy) is 1. The number of amides is 1. The van der Waals surface area contributed by atoms with Crippen LogP contribution in [0.3, 0.4) is 0 Å². The van der Waals surface area contributed by atoms with Gasteiger partial charge in [0.1, 0.15) is 5.75 Å². The molecule has 0 aliphatic carbocycles. The third kappa shape index (κ3) is 13.0. The molecule has 0 aliphatic rings. The molecule has 274 valence electrons. The number of hydrogen-bond donors (Lipinski definition) is 1. The summed E-state index contributed by atoms with van der Waals surface area (Å²) in [4.78, 5) is 14.6. The van der Waals surface area contributed by atoms with Gasteiger partial charge in [-0.15, -0.1) is 0 Å². The van der Waals surface area contributed by atoms with Crippen molar-refractivity contribution >= 4 is 17.5 Å². The van der Waals surface area contributed by atoms with Crippen LogP contribution in [0.25, 0.3) is 0 Å². The van der Waals surface area contributed by atoms with E-state index < -0.39 is 11.7 Å². The standard InChI is InChI=1S/C43H52ClF3N2O2/c1-2-3-4-5-6-7-8-15-26-38(42(48)50)35-23-16-25-37(30-35)51-29-18-28-49(31-36-24-17-27-40(41(36)44)43(45,46)47)32-39(33-19-11-9-12-20-33)34-21-13-10-14-22-34/h9-14,16-17,19-25,27,30,38-39H,2-8,15,18,26,28-29,31-32H2,1H3,(H2,48,50). The molecule has 51 heavy (non-hydrogen) atoms. The van der Waals surface area contributed by atoms with Gasteiger partial charge in [0.05, 0.1) is 23.1 Å². The van der Waals surface area contributed by atoms with Crippen molar-refractivity contribution in [1.82, 2.24) is 4.90 Å². The summed E-state index contributed by atoms with van der Waals surface area (Å²) in [6.45, 7) is 3.97. The zero-order valence-electron chi connectivity index (χ0n) is 29.7. The molecule has 0 aliphatic heterocycles. The highest BCUT2D eigenvalue weighted by Crippen LogP contribution is 2.37. The summed E-state index contributed by atoms with van der Waals surface area (Å²) in [5.74, 6) is -0.0467. The molecule has 0 heterocycles. The Kier molecular flexibility index (Phi) is 16.4. The summed E-state index contributed by atoms with van der Waals surface area (Å²) in [7, 11) is 0. The van der Waals surface area contributed by atoms with Gasteiger partial charge in [0.15, 0.2) is 0 Å². The Balaban J connectivity index is 1.43. The summed E-state index contributed by atoms with van der Waals surface area (Å²) in [6.07, 6.45) is 6.32. The van der Waals surface area contributed by atoms with Crippen LogP contribution in [0.2, 0.25) is 5.02 Å². The molecule has 1 amide bonds. The number of nitrogens with two attached hydrogens (primary N) is 1. The lowest BCUT2D eigenvalue weighted by molar-refractivity contribution is -0.137. The molecule has 0 saturated heterocycles. The minimum Gasteiger partial charge on any atom is -0.494 e. The van der Waals surface area contributed by atoms with Gasteiger partial charge in [0, 0.05) is 25.6 Å². The lowest BCUT2D eigenvalue weighted by atomic mass is 9.90. The first kappa shape index (κ1) is 40.0. The maximum Gasteiger partial charge on any atom is 0.417 e. The summed E-state index contributed by atoms with van der Waals surface area (Å²) < 4.78 is 47.4. The molecule has 4 aromatic carbocycles. The highest BCUT2D eigenvalue weighted by Gasteiger charge is 2.34. The molecular formula is C43H52ClF3N2O2. The van der Waals surface area contributed by atoms with Crippen LogP contribution in [-0.4, -0.2) is 30.5 Å². The summed E-state index contributed by atoms with van der Waals surface area (Å²) in [5.41, 5.74) is 8.53. The van der Waals surface area contributed by atoms with E-state index in [0.717, 1.165) is 35.6 Å². The number of halogens is 4. The van der Waals surface area contributed by atoms with Gasteiger partial charge in [0.25, 0.3) is 0 Å². The second kappa shape index (κ2) is 20.9. The van der Waals surface area contributed by atoms with Crippen molar-refractivity contribution in [3.8, 4) is 5.75 Å². The van der Waals surface area contributed by atoms with Crippen LogP contribution in [0, 0.1) is 0 Å². The number of carbonyl (C=O) groups excluding carboxylic acids is 1. The van der Waals surface area contributed by atoms with Gasteiger partial charge in [-0.2, -0.15) is 13.2 Å². The van der Waals surface area contributed by atoms with E-state index in [4.69, 9.17) is 22.1 Å². The number of alkyl halides is 3. The van der Waals surface area contributed by atoms with Crippen LogP contribution >= 0.6 is 11.6 Å². The third-order valence-electron chi connectivity index (χ3n) is 9.46. The Bertz CT molecular complexity index is 1560. The largest absolute Gasteiger partial charge is 0.494 e. The molecule has 0 saturated carbocycles. The van der Waals surface area contributed by atoms with E-state index in [1.807, 2.05) is 60.7 Å². The average Bonchev–Trinajstić information content (AvgIpc) is 3.12. The van der Waals surface area contributed by atoms with E-state index in [0.29, 0.717) is 43.9 Å². The average molecular weight is 721 g/mol. The van der Waals surface area contributed by atoms with E-state index in [2.05, 4.69) is 36.1 Å². The van der Waals surface area contributed by atoms with Crippen molar-refractivity contribution in [3.05, 3.63) is 136 Å². The fraction of sp³-hybridized carbons (Fsp3) is 0.419. The topological polar surface area (TPSA) is 55.6 Å². The summed E-state index contributed by atoms with van der Waals surface area (Å²) >= 11 is 6.38. The van der Waals surface area contributed by atoms with Crippen LogP contribution in [0.1, 0.15) is 111 Å². The van der Waals surface area contributed by atoms with E-state index in [1.165, 1.54) is 44.6 Å². The fourth-order valence-electron chi connectivity index (χ4n) is 6.68. The minimum atomic E-state index is -4.54. The second-order valence-corrected chi connectivity index (χ2v) is 13.8. The Morgan fingerprint density at radius 3 is 1.96 bits per heavy atom. The molecule has 0 radical (unpaired) electrons. The van der Waals surface area contributed by atoms with Gasteiger partial charge >= 0.3 is 6.18 Å². The summed E-state index contributed by atoms with van der Waals surface area (Å²) in [5, 5.41) is -0.269. The lowest BCUT2D eigenvalue weighted by Crippen LogP contribution is -2.31.